The van der Waals surface area contributed by atoms with E-state index in [2.05, 4.69) is 25.8 Å². The Morgan fingerprint density at radius 2 is 2.08 bits per heavy atom. The van der Waals surface area contributed by atoms with Crippen LogP contribution in [0.15, 0.2) is 29.4 Å². The van der Waals surface area contributed by atoms with Crippen molar-refractivity contribution in [2.45, 2.75) is 38.3 Å². The lowest BCUT2D eigenvalue weighted by Gasteiger charge is -2.18. The summed E-state index contributed by atoms with van der Waals surface area (Å²) in [6.07, 6.45) is 6.66. The Morgan fingerprint density at radius 1 is 1.31 bits per heavy atom. The van der Waals surface area contributed by atoms with Crippen LogP contribution in [0.25, 0.3) is 5.65 Å². The van der Waals surface area contributed by atoms with E-state index >= 15 is 0 Å². The molecule has 2 aromatic heterocycles. The molecule has 0 spiro atoms. The maximum atomic E-state index is 11.8. The number of carbonyl (C=O) groups is 1. The third-order valence-electron chi connectivity index (χ3n) is 4.36. The number of nitrogens with zero attached hydrogens (tertiary/aromatic N) is 5. The summed E-state index contributed by atoms with van der Waals surface area (Å²) in [5.41, 5.74) is 0.800. The Kier molecular flexibility index (Phi) is 7.61. The van der Waals surface area contributed by atoms with E-state index in [9.17, 15) is 4.79 Å². The lowest BCUT2D eigenvalue weighted by atomic mass is 10.2. The molecule has 1 amide bonds. The van der Waals surface area contributed by atoms with Crippen molar-refractivity contribution in [1.29, 1.82) is 0 Å². The van der Waals surface area contributed by atoms with Gasteiger partial charge in [-0.05, 0) is 25.0 Å². The summed E-state index contributed by atoms with van der Waals surface area (Å²) in [6.45, 7) is 0.607. The number of hydrogen-bond donors (Lipinski definition) is 2. The molecule has 2 N–H and O–H groups in total. The van der Waals surface area contributed by atoms with Gasteiger partial charge in [0, 0.05) is 26.3 Å². The Labute approximate surface area is 170 Å². The van der Waals surface area contributed by atoms with E-state index in [4.69, 9.17) is 0 Å². The summed E-state index contributed by atoms with van der Waals surface area (Å²) < 4.78 is 1.92. The maximum Gasteiger partial charge on any atom is 0.241 e. The quantitative estimate of drug-likeness (QED) is 0.392. The fourth-order valence-corrected chi connectivity index (χ4v) is 2.88. The smallest absolute Gasteiger partial charge is 0.241 e. The zero-order valence-corrected chi connectivity index (χ0v) is 17.5. The number of halogens is 1. The molecule has 0 atom stereocenters. The van der Waals surface area contributed by atoms with Crippen LogP contribution in [0, 0.1) is 0 Å². The van der Waals surface area contributed by atoms with Crippen LogP contribution in [0.5, 0.6) is 0 Å². The van der Waals surface area contributed by atoms with Gasteiger partial charge in [0.05, 0.1) is 6.54 Å². The molecule has 2 heterocycles. The van der Waals surface area contributed by atoms with Gasteiger partial charge in [0.15, 0.2) is 17.4 Å². The second-order valence-corrected chi connectivity index (χ2v) is 6.48. The Balaban J connectivity index is 0.00000243. The first-order chi connectivity index (χ1) is 12.1. The maximum absolute atomic E-state index is 11.8. The number of carbonyl (C=O) groups excluding carboxylic acids is 1. The van der Waals surface area contributed by atoms with Crippen LogP contribution in [0.1, 0.15) is 31.5 Å². The molecule has 0 bridgehead atoms. The summed E-state index contributed by atoms with van der Waals surface area (Å²) >= 11 is 0. The molecule has 142 valence electrons. The first kappa shape index (κ1) is 20.4. The number of aromatic nitrogens is 3. The van der Waals surface area contributed by atoms with Crippen LogP contribution in [0.4, 0.5) is 0 Å². The largest absolute Gasteiger partial charge is 0.354 e. The number of rotatable bonds is 5. The molecule has 0 saturated heterocycles. The topological polar surface area (TPSA) is 86.9 Å². The van der Waals surface area contributed by atoms with Gasteiger partial charge in [-0.2, -0.15) is 0 Å². The van der Waals surface area contributed by atoms with Crippen molar-refractivity contribution in [1.82, 2.24) is 30.1 Å². The first-order valence-corrected chi connectivity index (χ1v) is 8.67. The normalized spacial score (nSPS) is 14.9. The number of nitrogens with one attached hydrogen (secondary N) is 2. The molecule has 26 heavy (non-hydrogen) atoms. The molecule has 1 aliphatic rings. The molecule has 9 heteroatoms. The summed E-state index contributed by atoms with van der Waals surface area (Å²) in [7, 11) is 3.49. The molecule has 0 aromatic carbocycles. The number of guanidine groups is 1. The van der Waals surface area contributed by atoms with Crippen molar-refractivity contribution < 1.29 is 4.79 Å². The van der Waals surface area contributed by atoms with Gasteiger partial charge >= 0.3 is 0 Å². The average molecular weight is 471 g/mol. The second-order valence-electron chi connectivity index (χ2n) is 6.48. The van der Waals surface area contributed by atoms with Gasteiger partial charge in [-0.1, -0.05) is 18.9 Å². The van der Waals surface area contributed by atoms with Gasteiger partial charge in [0.1, 0.15) is 6.54 Å². The van der Waals surface area contributed by atoms with Crippen molar-refractivity contribution in [3.8, 4) is 0 Å². The second kappa shape index (κ2) is 9.70. The van der Waals surface area contributed by atoms with E-state index in [0.717, 1.165) is 24.3 Å². The summed E-state index contributed by atoms with van der Waals surface area (Å²) in [5.74, 6) is 1.42. The average Bonchev–Trinajstić information content (AvgIpc) is 3.26. The van der Waals surface area contributed by atoms with Crippen LogP contribution in [-0.4, -0.2) is 58.0 Å². The van der Waals surface area contributed by atoms with E-state index in [-0.39, 0.29) is 36.4 Å². The van der Waals surface area contributed by atoms with Crippen LogP contribution >= 0.6 is 24.0 Å². The van der Waals surface area contributed by atoms with E-state index in [1.54, 1.807) is 19.0 Å². The zero-order chi connectivity index (χ0) is 17.6. The van der Waals surface area contributed by atoms with Crippen molar-refractivity contribution in [2.24, 2.45) is 4.99 Å². The third-order valence-corrected chi connectivity index (χ3v) is 4.36. The highest BCUT2D eigenvalue weighted by Crippen LogP contribution is 2.17. The number of pyridine rings is 1. The van der Waals surface area contributed by atoms with Gasteiger partial charge < -0.3 is 15.5 Å². The Morgan fingerprint density at radius 3 is 2.81 bits per heavy atom. The van der Waals surface area contributed by atoms with Gasteiger partial charge in [-0.25, -0.2) is 4.99 Å². The van der Waals surface area contributed by atoms with E-state index in [0.29, 0.717) is 18.5 Å². The molecule has 3 rings (SSSR count). The van der Waals surface area contributed by atoms with Gasteiger partial charge in [0.25, 0.3) is 0 Å². The van der Waals surface area contributed by atoms with Crippen molar-refractivity contribution in [2.75, 3.05) is 20.6 Å². The predicted octanol–water partition coefficient (Wildman–Crippen LogP) is 1.41. The molecule has 1 fully saturated rings. The lowest BCUT2D eigenvalue weighted by Crippen LogP contribution is -2.46. The monoisotopic (exact) mass is 471 g/mol. The molecule has 2 aromatic rings. The molecule has 0 aliphatic heterocycles. The van der Waals surface area contributed by atoms with E-state index < -0.39 is 0 Å². The van der Waals surface area contributed by atoms with E-state index in [1.165, 1.54) is 12.8 Å². The van der Waals surface area contributed by atoms with Crippen LogP contribution < -0.4 is 10.6 Å². The number of likely N-dealkylation sites (N-methyl/N-ethyl adjacent to an activating group) is 1. The fraction of sp³-hybridized carbons (Fsp3) is 0.529. The zero-order valence-electron chi connectivity index (χ0n) is 15.2. The first-order valence-electron chi connectivity index (χ1n) is 8.67. The molecule has 1 saturated carbocycles. The third kappa shape index (κ3) is 5.29. The van der Waals surface area contributed by atoms with Crippen molar-refractivity contribution in [3.05, 3.63) is 30.2 Å². The Bertz CT molecular complexity index is 752. The highest BCUT2D eigenvalue weighted by Gasteiger charge is 2.17. The van der Waals surface area contributed by atoms with Gasteiger partial charge in [0.2, 0.25) is 5.91 Å². The van der Waals surface area contributed by atoms with Crippen LogP contribution in [0.3, 0.4) is 0 Å². The van der Waals surface area contributed by atoms with Gasteiger partial charge in [-0.15, -0.1) is 34.2 Å². The molecule has 8 nitrogen and oxygen atoms in total. The number of amides is 1. The number of aliphatic imine (C=N–C) groups is 1. The summed E-state index contributed by atoms with van der Waals surface area (Å²) in [6, 6.07) is 6.19. The molecule has 0 radical (unpaired) electrons. The standard InChI is InChI=1S/C17H25N7O.HI/c1-23(2)16(25)12-19-17(20-13-7-3-4-8-13)18-11-15-22-21-14-9-5-6-10-24(14)15;/h5-6,9-10,13H,3-4,7-8,11-12H2,1-2H3,(H2,18,19,20);1H. The number of hydrogen-bond acceptors (Lipinski definition) is 4. The van der Waals surface area contributed by atoms with Crippen LogP contribution in [0.2, 0.25) is 0 Å². The van der Waals surface area contributed by atoms with Crippen molar-refractivity contribution >= 4 is 41.5 Å². The lowest BCUT2D eigenvalue weighted by molar-refractivity contribution is -0.127. The minimum atomic E-state index is 0. The fourth-order valence-electron chi connectivity index (χ4n) is 2.88. The summed E-state index contributed by atoms with van der Waals surface area (Å²) in [4.78, 5) is 18.0. The SMILES string of the molecule is CN(C)C(=O)CNC(=NCc1nnc2ccccn12)NC1CCCC1.I. The highest BCUT2D eigenvalue weighted by atomic mass is 127. The molecular formula is C17H26IN7O. The Hall–Kier alpha value is -1.91. The summed E-state index contributed by atoms with van der Waals surface area (Å²) in [5, 5.41) is 14.9. The molecule has 0 unspecified atom stereocenters. The van der Waals surface area contributed by atoms with Crippen LogP contribution in [-0.2, 0) is 11.3 Å². The predicted molar refractivity (Wildman–Crippen MR) is 112 cm³/mol. The minimum Gasteiger partial charge on any atom is -0.354 e. The van der Waals surface area contributed by atoms with Gasteiger partial charge in [-0.3, -0.25) is 9.20 Å². The van der Waals surface area contributed by atoms with Crippen molar-refractivity contribution in [3.63, 3.8) is 0 Å². The minimum absolute atomic E-state index is 0. The molecular weight excluding hydrogens is 445 g/mol. The highest BCUT2D eigenvalue weighted by molar-refractivity contribution is 14.0. The molecule has 1 aliphatic carbocycles. The number of fused-ring (bicyclic) bond motifs is 1. The van der Waals surface area contributed by atoms with E-state index in [1.807, 2.05) is 28.8 Å².